The third-order valence-corrected chi connectivity index (χ3v) is 3.44. The summed E-state index contributed by atoms with van der Waals surface area (Å²) in [5.41, 5.74) is 0.135. The number of hydrogen-bond acceptors (Lipinski definition) is 3. The Morgan fingerprint density at radius 1 is 1.62 bits per heavy atom. The smallest absolute Gasteiger partial charge is 0.316 e. The summed E-state index contributed by atoms with van der Waals surface area (Å²) in [6.07, 6.45) is 0. The molecule has 0 aromatic heterocycles. The minimum atomic E-state index is -0.0763. The maximum Gasteiger partial charge on any atom is 0.316 e. The molecule has 5 nitrogen and oxygen atoms in total. The fraction of sp³-hybridized carbons (Fsp3) is 0.800. The van der Waals surface area contributed by atoms with Crippen LogP contribution in [0.25, 0.3) is 0 Å². The summed E-state index contributed by atoms with van der Waals surface area (Å²) in [5, 5.41) is 7.08. The van der Waals surface area contributed by atoms with Gasteiger partial charge >= 0.3 is 6.03 Å². The zero-order chi connectivity index (χ0) is 12.2. The normalized spacial score (nSPS) is 20.6. The molecule has 16 heavy (non-hydrogen) atoms. The van der Waals surface area contributed by atoms with Gasteiger partial charge in [0.1, 0.15) is 0 Å². The molecule has 1 saturated heterocycles. The molecule has 2 N–H and O–H groups in total. The van der Waals surface area contributed by atoms with E-state index in [4.69, 9.17) is 0 Å². The van der Waals surface area contributed by atoms with Gasteiger partial charge in [0.15, 0.2) is 5.17 Å². The number of amides is 2. The first-order valence-corrected chi connectivity index (χ1v) is 6.30. The Morgan fingerprint density at radius 3 is 2.81 bits per heavy atom. The summed E-state index contributed by atoms with van der Waals surface area (Å²) in [5.74, 6) is 1.04. The van der Waals surface area contributed by atoms with Crippen molar-refractivity contribution >= 4 is 23.0 Å². The maximum absolute atomic E-state index is 11.2. The Bertz CT molecular complexity index is 289. The van der Waals surface area contributed by atoms with Crippen LogP contribution in [0.1, 0.15) is 13.8 Å². The predicted molar refractivity (Wildman–Crippen MR) is 69.1 cm³/mol. The summed E-state index contributed by atoms with van der Waals surface area (Å²) >= 11 is 1.73. The number of nitrogens with zero attached hydrogens (tertiary/aromatic N) is 2. The molecule has 1 aliphatic rings. The van der Waals surface area contributed by atoms with Crippen LogP contribution in [0.2, 0.25) is 0 Å². The summed E-state index contributed by atoms with van der Waals surface area (Å²) in [7, 11) is 3.44. The number of urea groups is 1. The van der Waals surface area contributed by atoms with Gasteiger partial charge in [0.2, 0.25) is 0 Å². The van der Waals surface area contributed by atoms with E-state index in [0.29, 0.717) is 13.1 Å². The van der Waals surface area contributed by atoms with Crippen LogP contribution < -0.4 is 10.6 Å². The van der Waals surface area contributed by atoms with E-state index in [-0.39, 0.29) is 11.6 Å². The quantitative estimate of drug-likeness (QED) is 0.720. The molecule has 0 unspecified atom stereocenters. The van der Waals surface area contributed by atoms with Crippen molar-refractivity contribution in [2.75, 3.05) is 32.9 Å². The van der Waals surface area contributed by atoms with Gasteiger partial charge in [-0.05, 0) is 13.8 Å². The molecule has 1 rings (SSSR count). The van der Waals surface area contributed by atoms with Crippen LogP contribution in [-0.2, 0) is 0 Å². The molecule has 0 radical (unpaired) electrons. The van der Waals surface area contributed by atoms with E-state index in [1.807, 2.05) is 0 Å². The first kappa shape index (κ1) is 13.2. The van der Waals surface area contributed by atoms with Gasteiger partial charge in [-0.1, -0.05) is 11.8 Å². The van der Waals surface area contributed by atoms with Crippen molar-refractivity contribution in [3.63, 3.8) is 0 Å². The molecule has 2 amide bonds. The molecule has 0 atom stereocenters. The van der Waals surface area contributed by atoms with Gasteiger partial charge in [-0.25, -0.2) is 4.79 Å². The SMILES string of the molecule is CN(C)C(=O)NCCN=C1NC(C)(C)CS1. The van der Waals surface area contributed by atoms with E-state index in [9.17, 15) is 4.79 Å². The Labute approximate surface area is 101 Å². The molecular formula is C10H20N4OS. The van der Waals surface area contributed by atoms with Gasteiger partial charge in [0.25, 0.3) is 0 Å². The monoisotopic (exact) mass is 244 g/mol. The molecule has 0 bridgehead atoms. The van der Waals surface area contributed by atoms with E-state index in [1.54, 1.807) is 25.9 Å². The molecule has 6 heteroatoms. The lowest BCUT2D eigenvalue weighted by atomic mass is 10.1. The lowest BCUT2D eigenvalue weighted by Crippen LogP contribution is -2.38. The average molecular weight is 244 g/mol. The van der Waals surface area contributed by atoms with Gasteiger partial charge in [-0.15, -0.1) is 0 Å². The van der Waals surface area contributed by atoms with Gasteiger partial charge < -0.3 is 15.5 Å². The topological polar surface area (TPSA) is 56.7 Å². The Hall–Kier alpha value is -0.910. The van der Waals surface area contributed by atoms with Crippen molar-refractivity contribution in [1.29, 1.82) is 0 Å². The lowest BCUT2D eigenvalue weighted by molar-refractivity contribution is 0.218. The summed E-state index contributed by atoms with van der Waals surface area (Å²) < 4.78 is 0. The number of rotatable bonds is 3. The molecule has 0 spiro atoms. The summed E-state index contributed by atoms with van der Waals surface area (Å²) in [6.45, 7) is 5.49. The molecule has 0 saturated carbocycles. The molecule has 92 valence electrons. The molecule has 1 fully saturated rings. The van der Waals surface area contributed by atoms with Crippen molar-refractivity contribution in [3.8, 4) is 0 Å². The third-order valence-electron chi connectivity index (χ3n) is 2.06. The molecule has 0 aliphatic carbocycles. The predicted octanol–water partition coefficient (Wildman–Crippen LogP) is 0.729. The summed E-state index contributed by atoms with van der Waals surface area (Å²) in [6, 6.07) is -0.0763. The van der Waals surface area contributed by atoms with E-state index < -0.39 is 0 Å². The highest BCUT2D eigenvalue weighted by Crippen LogP contribution is 2.21. The first-order valence-electron chi connectivity index (χ1n) is 5.31. The van der Waals surface area contributed by atoms with E-state index in [2.05, 4.69) is 29.5 Å². The van der Waals surface area contributed by atoms with Crippen LogP contribution in [0, 0.1) is 0 Å². The number of carbonyl (C=O) groups is 1. The van der Waals surface area contributed by atoms with Crippen molar-refractivity contribution < 1.29 is 4.79 Å². The van der Waals surface area contributed by atoms with Crippen molar-refractivity contribution in [2.45, 2.75) is 19.4 Å². The number of hydrogen-bond donors (Lipinski definition) is 2. The van der Waals surface area contributed by atoms with Crippen LogP contribution in [-0.4, -0.2) is 54.6 Å². The second kappa shape index (κ2) is 5.43. The van der Waals surface area contributed by atoms with Gasteiger partial charge in [0, 0.05) is 31.9 Å². The Morgan fingerprint density at radius 2 is 2.31 bits per heavy atom. The molecule has 1 heterocycles. The maximum atomic E-state index is 11.2. The highest BCUT2D eigenvalue weighted by atomic mass is 32.2. The largest absolute Gasteiger partial charge is 0.359 e. The average Bonchev–Trinajstić information content (AvgIpc) is 2.52. The molecule has 1 aliphatic heterocycles. The minimum Gasteiger partial charge on any atom is -0.359 e. The molecule has 0 aromatic carbocycles. The standard InChI is InChI=1S/C10H20N4OS/c1-10(2)7-16-8(13-10)11-5-6-12-9(15)14(3)4/h5-7H2,1-4H3,(H,11,13)(H,12,15). The number of nitrogens with one attached hydrogen (secondary N) is 2. The first-order chi connectivity index (χ1) is 7.41. The molecular weight excluding hydrogens is 224 g/mol. The fourth-order valence-corrected chi connectivity index (χ4v) is 2.27. The fourth-order valence-electron chi connectivity index (χ4n) is 1.17. The highest BCUT2D eigenvalue weighted by Gasteiger charge is 2.26. The zero-order valence-electron chi connectivity index (χ0n) is 10.3. The second-order valence-electron chi connectivity index (χ2n) is 4.61. The van der Waals surface area contributed by atoms with Crippen LogP contribution >= 0.6 is 11.8 Å². The van der Waals surface area contributed by atoms with Crippen LogP contribution in [0.15, 0.2) is 4.99 Å². The second-order valence-corrected chi connectivity index (χ2v) is 5.57. The van der Waals surface area contributed by atoms with Crippen LogP contribution in [0.3, 0.4) is 0 Å². The number of thioether (sulfide) groups is 1. The van der Waals surface area contributed by atoms with Crippen molar-refractivity contribution in [2.24, 2.45) is 4.99 Å². The molecule has 0 aromatic rings. The van der Waals surface area contributed by atoms with Crippen molar-refractivity contribution in [1.82, 2.24) is 15.5 Å². The Balaban J connectivity index is 2.21. The number of carbonyl (C=O) groups excluding carboxylic acids is 1. The van der Waals surface area contributed by atoms with Gasteiger partial charge in [0.05, 0.1) is 6.54 Å². The lowest BCUT2D eigenvalue weighted by Gasteiger charge is -2.15. The Kier molecular flexibility index (Phi) is 4.46. The van der Waals surface area contributed by atoms with Crippen LogP contribution in [0.4, 0.5) is 4.79 Å². The van der Waals surface area contributed by atoms with E-state index in [0.717, 1.165) is 10.9 Å². The zero-order valence-corrected chi connectivity index (χ0v) is 11.1. The minimum absolute atomic E-state index is 0.0763. The van der Waals surface area contributed by atoms with Gasteiger partial charge in [-0.2, -0.15) is 0 Å². The highest BCUT2D eigenvalue weighted by molar-refractivity contribution is 8.14. The third kappa shape index (κ3) is 4.30. The summed E-state index contributed by atoms with van der Waals surface area (Å²) in [4.78, 5) is 17.1. The number of aliphatic imine (C=N–C) groups is 1. The number of amidine groups is 1. The van der Waals surface area contributed by atoms with Gasteiger partial charge in [-0.3, -0.25) is 4.99 Å². The van der Waals surface area contributed by atoms with Crippen LogP contribution in [0.5, 0.6) is 0 Å². The van der Waals surface area contributed by atoms with E-state index in [1.165, 1.54) is 4.90 Å². The van der Waals surface area contributed by atoms with Crippen molar-refractivity contribution in [3.05, 3.63) is 0 Å². The van der Waals surface area contributed by atoms with E-state index >= 15 is 0 Å².